The third-order valence-corrected chi connectivity index (χ3v) is 10.3. The molecule has 0 unspecified atom stereocenters. The summed E-state index contributed by atoms with van der Waals surface area (Å²) in [5.74, 6) is 0. The van der Waals surface area contributed by atoms with Gasteiger partial charge in [-0.25, -0.2) is 0 Å². The van der Waals surface area contributed by atoms with Crippen LogP contribution in [0.2, 0.25) is 0 Å². The van der Waals surface area contributed by atoms with Gasteiger partial charge in [0.25, 0.3) is 0 Å². The van der Waals surface area contributed by atoms with Crippen molar-refractivity contribution in [1.82, 2.24) is 0 Å². The summed E-state index contributed by atoms with van der Waals surface area (Å²) in [5, 5.41) is 10.2. The Labute approximate surface area is 347 Å². The van der Waals surface area contributed by atoms with Gasteiger partial charge in [0, 0.05) is 17.3 Å². The van der Waals surface area contributed by atoms with E-state index in [-0.39, 0.29) is 0 Å². The van der Waals surface area contributed by atoms with Crippen LogP contribution in [0, 0.1) is 19.3 Å². The van der Waals surface area contributed by atoms with Crippen molar-refractivity contribution in [2.24, 2.45) is 5.73 Å². The molecule has 0 aliphatic rings. The fourth-order valence-electron chi connectivity index (χ4n) is 7.22. The van der Waals surface area contributed by atoms with Crippen LogP contribution in [-0.4, -0.2) is 6.72 Å². The number of furan rings is 1. The van der Waals surface area contributed by atoms with Gasteiger partial charge in [-0.3, -0.25) is 0 Å². The lowest BCUT2D eigenvalue weighted by Gasteiger charge is -2.09. The first kappa shape index (κ1) is 39.9. The average molecular weight is 765 g/mol. The van der Waals surface area contributed by atoms with E-state index in [1.54, 1.807) is 0 Å². The monoisotopic (exact) mass is 764 g/mol. The molecular weight excluding hydrogens is 717 g/mol. The summed E-state index contributed by atoms with van der Waals surface area (Å²) < 4.78 is 6.21. The number of fused-ring (bicyclic) bond motifs is 4. The Morgan fingerprint density at radius 3 is 1.34 bits per heavy atom. The maximum absolute atomic E-state index is 6.21. The number of hydrogen-bond acceptors (Lipinski definition) is 3. The van der Waals surface area contributed by atoms with Gasteiger partial charge < -0.3 is 15.6 Å². The predicted octanol–water partition coefficient (Wildman–Crippen LogP) is 15.1. The van der Waals surface area contributed by atoms with Crippen LogP contribution in [0.5, 0.6) is 0 Å². The van der Waals surface area contributed by atoms with Gasteiger partial charge in [0.05, 0.1) is 0 Å². The van der Waals surface area contributed by atoms with Crippen molar-refractivity contribution >= 4 is 39.4 Å². The molecule has 10 rings (SSSR count). The van der Waals surface area contributed by atoms with Crippen molar-refractivity contribution < 1.29 is 4.42 Å². The average Bonchev–Trinajstić information content (AvgIpc) is 3.66. The molecule has 59 heavy (non-hydrogen) atoms. The Morgan fingerprint density at radius 1 is 0.373 bits per heavy atom. The number of rotatable bonds is 5. The standard InChI is InChI=1S/C35H24O.C13H13N.C7H8.CH3N/c1-23-7-4-10-24(17-23)25-11-5-12-26(18-25)27-13-6-14-28(19-27)31-15-16-34-32(21-31)33-20-29-8-2-3-9-30(29)22-35(33)36-34;14-10-11-6-8-13(9-7-11)12-4-2-1-3-5-12;1-7-5-3-2-4-6-7;1-2/h2-22H,1H3;1-9H,10,14H2;2-6H,1H3;2H,1H2. The van der Waals surface area contributed by atoms with Crippen LogP contribution in [0.4, 0.5) is 0 Å². The Kier molecular flexibility index (Phi) is 13.0. The van der Waals surface area contributed by atoms with E-state index in [2.05, 4.69) is 196 Å². The molecule has 3 heteroatoms. The molecule has 0 fully saturated rings. The summed E-state index contributed by atoms with van der Waals surface area (Å²) in [7, 11) is 0. The molecule has 0 saturated heterocycles. The number of benzene rings is 9. The molecule has 0 atom stereocenters. The summed E-state index contributed by atoms with van der Waals surface area (Å²) in [6.07, 6.45) is 0. The maximum Gasteiger partial charge on any atom is 0.136 e. The Balaban J connectivity index is 0.000000188. The summed E-state index contributed by atoms with van der Waals surface area (Å²) >= 11 is 0. The predicted molar refractivity (Wildman–Crippen MR) is 253 cm³/mol. The van der Waals surface area contributed by atoms with E-state index in [0.29, 0.717) is 6.54 Å². The Morgan fingerprint density at radius 2 is 0.797 bits per heavy atom. The van der Waals surface area contributed by atoms with Crippen LogP contribution >= 0.6 is 0 Å². The SMILES string of the molecule is C=N.Cc1cccc(-c2cccc(-c3cccc(-c4ccc5oc6cc7ccccc7cc6c5c4)c3)c2)c1.Cc1ccccc1.NCc1ccc(-c2ccccc2)cc1. The molecule has 0 saturated carbocycles. The quantitative estimate of drug-likeness (QED) is 0.171. The molecule has 0 aliphatic carbocycles. The molecule has 0 bridgehead atoms. The second-order valence-electron chi connectivity index (χ2n) is 14.5. The highest BCUT2D eigenvalue weighted by Crippen LogP contribution is 2.36. The lowest BCUT2D eigenvalue weighted by molar-refractivity contribution is 0.669. The number of aryl methyl sites for hydroxylation is 2. The first-order chi connectivity index (χ1) is 29.0. The zero-order chi connectivity index (χ0) is 41.0. The molecule has 10 aromatic rings. The van der Waals surface area contributed by atoms with Gasteiger partial charge >= 0.3 is 0 Å². The van der Waals surface area contributed by atoms with Crippen LogP contribution in [0.1, 0.15) is 16.7 Å². The second kappa shape index (κ2) is 19.2. The van der Waals surface area contributed by atoms with Crippen LogP contribution in [-0.2, 0) is 6.54 Å². The normalized spacial score (nSPS) is 10.5. The van der Waals surface area contributed by atoms with E-state index < -0.39 is 0 Å². The summed E-state index contributed by atoms with van der Waals surface area (Å²) in [5.41, 5.74) is 21.0. The lowest BCUT2D eigenvalue weighted by Crippen LogP contribution is -1.95. The molecule has 0 aliphatic heterocycles. The van der Waals surface area contributed by atoms with Gasteiger partial charge in [0.1, 0.15) is 11.2 Å². The number of hydrogen-bond donors (Lipinski definition) is 2. The molecule has 1 aromatic heterocycles. The molecular formula is C56H48N2O. The van der Waals surface area contributed by atoms with Gasteiger partial charge in [-0.05, 0) is 118 Å². The molecule has 0 radical (unpaired) electrons. The maximum atomic E-state index is 6.21. The Bertz CT molecular complexity index is 2910. The van der Waals surface area contributed by atoms with Gasteiger partial charge in [-0.2, -0.15) is 0 Å². The van der Waals surface area contributed by atoms with E-state index in [4.69, 9.17) is 15.6 Å². The highest BCUT2D eigenvalue weighted by atomic mass is 16.3. The van der Waals surface area contributed by atoms with E-state index in [0.717, 1.165) is 21.9 Å². The van der Waals surface area contributed by atoms with Crippen molar-refractivity contribution in [3.05, 3.63) is 229 Å². The molecule has 9 aromatic carbocycles. The van der Waals surface area contributed by atoms with Crippen LogP contribution < -0.4 is 5.73 Å². The lowest BCUT2D eigenvalue weighted by atomic mass is 9.95. The Hall–Kier alpha value is -7.33. The highest BCUT2D eigenvalue weighted by molar-refractivity contribution is 6.11. The molecule has 3 N–H and O–H groups in total. The largest absolute Gasteiger partial charge is 0.456 e. The minimum absolute atomic E-state index is 0.606. The topological polar surface area (TPSA) is 63.0 Å². The van der Waals surface area contributed by atoms with Crippen molar-refractivity contribution in [3.63, 3.8) is 0 Å². The smallest absolute Gasteiger partial charge is 0.136 e. The van der Waals surface area contributed by atoms with Gasteiger partial charge in [0.15, 0.2) is 0 Å². The van der Waals surface area contributed by atoms with Gasteiger partial charge in [0.2, 0.25) is 0 Å². The zero-order valence-corrected chi connectivity index (χ0v) is 33.6. The van der Waals surface area contributed by atoms with Crippen LogP contribution in [0.3, 0.4) is 0 Å². The van der Waals surface area contributed by atoms with Crippen molar-refractivity contribution in [2.45, 2.75) is 20.4 Å². The highest BCUT2D eigenvalue weighted by Gasteiger charge is 2.11. The first-order valence-electron chi connectivity index (χ1n) is 19.9. The van der Waals surface area contributed by atoms with Crippen LogP contribution in [0.25, 0.3) is 77.2 Å². The zero-order valence-electron chi connectivity index (χ0n) is 33.6. The number of nitrogens with two attached hydrogens (primary N) is 1. The van der Waals surface area contributed by atoms with Crippen molar-refractivity contribution in [3.8, 4) is 44.5 Å². The molecule has 1 heterocycles. The fraction of sp³-hybridized carbons (Fsp3) is 0.0536. The molecule has 0 amide bonds. The van der Waals surface area contributed by atoms with E-state index >= 15 is 0 Å². The minimum atomic E-state index is 0.606. The third kappa shape index (κ3) is 9.80. The van der Waals surface area contributed by atoms with Crippen LogP contribution in [0.15, 0.2) is 217 Å². The van der Waals surface area contributed by atoms with Gasteiger partial charge in [-0.1, -0.05) is 187 Å². The first-order valence-corrected chi connectivity index (χ1v) is 19.9. The van der Waals surface area contributed by atoms with E-state index in [1.807, 2.05) is 36.4 Å². The van der Waals surface area contributed by atoms with Crippen molar-refractivity contribution in [1.29, 1.82) is 5.41 Å². The second-order valence-corrected chi connectivity index (χ2v) is 14.5. The summed E-state index contributed by atoms with van der Waals surface area (Å²) in [6, 6.07) is 74.6. The molecule has 0 spiro atoms. The van der Waals surface area contributed by atoms with E-state index in [9.17, 15) is 0 Å². The van der Waals surface area contributed by atoms with Gasteiger partial charge in [-0.15, -0.1) is 0 Å². The summed E-state index contributed by atoms with van der Waals surface area (Å²) in [6.45, 7) is 7.33. The molecule has 3 nitrogen and oxygen atoms in total. The minimum Gasteiger partial charge on any atom is -0.456 e. The fourth-order valence-corrected chi connectivity index (χ4v) is 7.22. The third-order valence-electron chi connectivity index (χ3n) is 10.3. The summed E-state index contributed by atoms with van der Waals surface area (Å²) in [4.78, 5) is 0. The molecule has 288 valence electrons. The number of nitrogens with one attached hydrogen (secondary N) is 1. The van der Waals surface area contributed by atoms with Crippen molar-refractivity contribution in [2.75, 3.05) is 0 Å². The van der Waals surface area contributed by atoms with E-state index in [1.165, 1.54) is 72.0 Å².